The first-order valence-electron chi connectivity index (χ1n) is 8.94. The highest BCUT2D eigenvalue weighted by Gasteiger charge is 2.02. The van der Waals surface area contributed by atoms with Gasteiger partial charge in [-0.25, -0.2) is 9.37 Å². The maximum Gasteiger partial charge on any atom is 0.191 e. The predicted octanol–water partition coefficient (Wildman–Crippen LogP) is 2.81. The summed E-state index contributed by atoms with van der Waals surface area (Å²) in [6.07, 6.45) is 5.64. The van der Waals surface area contributed by atoms with Gasteiger partial charge >= 0.3 is 0 Å². The van der Waals surface area contributed by atoms with E-state index in [0.29, 0.717) is 6.54 Å². The largest absolute Gasteiger partial charge is 0.357 e. The number of nitrogens with one attached hydrogen (secondary N) is 2. The molecule has 0 spiro atoms. The first kappa shape index (κ1) is 17.9. The lowest BCUT2D eigenvalue weighted by molar-refractivity contribution is 0.626. The van der Waals surface area contributed by atoms with Crippen LogP contribution in [-0.4, -0.2) is 35.0 Å². The van der Waals surface area contributed by atoms with Crippen molar-refractivity contribution in [1.82, 2.24) is 20.0 Å². The lowest BCUT2D eigenvalue weighted by atomic mass is 10.1. The number of guanidine groups is 1. The van der Waals surface area contributed by atoms with Gasteiger partial charge in [0.05, 0.1) is 5.69 Å². The zero-order valence-electron chi connectivity index (χ0n) is 15.0. The van der Waals surface area contributed by atoms with Crippen molar-refractivity contribution < 1.29 is 4.39 Å². The van der Waals surface area contributed by atoms with Crippen LogP contribution in [-0.2, 0) is 12.8 Å². The molecule has 0 saturated heterocycles. The molecule has 5 nitrogen and oxygen atoms in total. The quantitative estimate of drug-likeness (QED) is 0.507. The van der Waals surface area contributed by atoms with E-state index in [-0.39, 0.29) is 5.82 Å². The van der Waals surface area contributed by atoms with Crippen LogP contribution in [0.25, 0.3) is 5.65 Å². The standard InChI is InChI=1S/C20H24FN5/c1-2-22-20(23-12-10-16-6-8-17(21)9-7-16)24-13-11-18-15-26-14-4-3-5-19(26)25-18/h3-9,14-15H,2,10-13H2,1H3,(H2,22,23,24). The highest BCUT2D eigenvalue weighted by atomic mass is 19.1. The molecule has 0 bridgehead atoms. The van der Waals surface area contributed by atoms with Crippen molar-refractivity contribution in [3.05, 3.63) is 71.9 Å². The molecule has 2 heterocycles. The third-order valence-corrected chi connectivity index (χ3v) is 4.02. The fourth-order valence-corrected chi connectivity index (χ4v) is 2.71. The van der Waals surface area contributed by atoms with Crippen molar-refractivity contribution in [1.29, 1.82) is 0 Å². The Morgan fingerprint density at radius 3 is 2.73 bits per heavy atom. The zero-order valence-corrected chi connectivity index (χ0v) is 15.0. The molecule has 1 aromatic carbocycles. The van der Waals surface area contributed by atoms with Crippen LogP contribution >= 0.6 is 0 Å². The smallest absolute Gasteiger partial charge is 0.191 e. The Labute approximate surface area is 153 Å². The normalized spacial score (nSPS) is 11.7. The number of imidazole rings is 1. The van der Waals surface area contributed by atoms with Crippen LogP contribution in [0.4, 0.5) is 4.39 Å². The Morgan fingerprint density at radius 1 is 1.12 bits per heavy atom. The maximum atomic E-state index is 12.9. The molecule has 0 radical (unpaired) electrons. The summed E-state index contributed by atoms with van der Waals surface area (Å²) >= 11 is 0. The molecule has 0 saturated carbocycles. The van der Waals surface area contributed by atoms with E-state index >= 15 is 0 Å². The topological polar surface area (TPSA) is 53.7 Å². The second-order valence-electron chi connectivity index (χ2n) is 6.01. The zero-order chi connectivity index (χ0) is 18.2. The van der Waals surface area contributed by atoms with Gasteiger partial charge in [0.25, 0.3) is 0 Å². The van der Waals surface area contributed by atoms with Gasteiger partial charge < -0.3 is 15.0 Å². The number of aromatic nitrogens is 2. The minimum atomic E-state index is -0.205. The van der Waals surface area contributed by atoms with Crippen LogP contribution in [0.1, 0.15) is 18.2 Å². The summed E-state index contributed by atoms with van der Waals surface area (Å²) < 4.78 is 15.0. The molecule has 136 valence electrons. The average Bonchev–Trinajstić information content (AvgIpc) is 3.06. The Hall–Kier alpha value is -2.89. The number of hydrogen-bond acceptors (Lipinski definition) is 2. The minimum Gasteiger partial charge on any atom is -0.357 e. The van der Waals surface area contributed by atoms with Gasteiger partial charge in [-0.1, -0.05) is 18.2 Å². The number of benzene rings is 1. The fraction of sp³-hybridized carbons (Fsp3) is 0.300. The van der Waals surface area contributed by atoms with Gasteiger partial charge in [-0.2, -0.15) is 0 Å². The highest BCUT2D eigenvalue weighted by molar-refractivity contribution is 5.79. The third-order valence-electron chi connectivity index (χ3n) is 4.02. The summed E-state index contributed by atoms with van der Waals surface area (Å²) in [7, 11) is 0. The summed E-state index contributed by atoms with van der Waals surface area (Å²) in [5.41, 5.74) is 3.08. The predicted molar refractivity (Wildman–Crippen MR) is 103 cm³/mol. The van der Waals surface area contributed by atoms with E-state index in [1.807, 2.05) is 54.0 Å². The van der Waals surface area contributed by atoms with Crippen LogP contribution in [0.3, 0.4) is 0 Å². The molecule has 0 amide bonds. The Bertz CT molecular complexity index is 821. The summed E-state index contributed by atoms with van der Waals surface area (Å²) in [4.78, 5) is 9.20. The van der Waals surface area contributed by atoms with Crippen LogP contribution < -0.4 is 10.6 Å². The second kappa shape index (κ2) is 8.99. The van der Waals surface area contributed by atoms with Gasteiger partial charge in [0, 0.05) is 38.4 Å². The van der Waals surface area contributed by atoms with Crippen LogP contribution in [0.5, 0.6) is 0 Å². The lowest BCUT2D eigenvalue weighted by Gasteiger charge is -2.11. The molecule has 0 atom stereocenters. The van der Waals surface area contributed by atoms with Crippen LogP contribution in [0.15, 0.2) is 59.9 Å². The molecule has 0 aliphatic carbocycles. The third kappa shape index (κ3) is 5.05. The molecule has 3 aromatic rings. The van der Waals surface area contributed by atoms with Gasteiger partial charge in [-0.15, -0.1) is 0 Å². The molecule has 3 rings (SSSR count). The van der Waals surface area contributed by atoms with Crippen molar-refractivity contribution in [2.45, 2.75) is 19.8 Å². The van der Waals surface area contributed by atoms with E-state index in [0.717, 1.165) is 48.8 Å². The first-order valence-corrected chi connectivity index (χ1v) is 8.94. The van der Waals surface area contributed by atoms with Crippen LogP contribution in [0.2, 0.25) is 0 Å². The molecule has 0 fully saturated rings. The summed E-state index contributed by atoms with van der Waals surface area (Å²) in [6.45, 7) is 4.25. The van der Waals surface area contributed by atoms with Gasteiger partial charge in [0.2, 0.25) is 0 Å². The van der Waals surface area contributed by atoms with Crippen molar-refractivity contribution in [3.63, 3.8) is 0 Å². The first-order chi connectivity index (χ1) is 12.7. The molecule has 6 heteroatoms. The summed E-state index contributed by atoms with van der Waals surface area (Å²) in [6, 6.07) is 12.6. The lowest BCUT2D eigenvalue weighted by Crippen LogP contribution is -2.38. The number of rotatable bonds is 7. The van der Waals surface area contributed by atoms with E-state index in [4.69, 9.17) is 0 Å². The van der Waals surface area contributed by atoms with Gasteiger partial charge in [-0.3, -0.25) is 4.99 Å². The molecule has 2 N–H and O–H groups in total. The maximum absolute atomic E-state index is 12.9. The average molecular weight is 353 g/mol. The number of halogens is 1. The van der Waals surface area contributed by atoms with Gasteiger partial charge in [0.1, 0.15) is 11.5 Å². The number of hydrogen-bond donors (Lipinski definition) is 2. The van der Waals surface area contributed by atoms with Crippen molar-refractivity contribution in [2.24, 2.45) is 4.99 Å². The van der Waals surface area contributed by atoms with Crippen molar-refractivity contribution >= 4 is 11.6 Å². The highest BCUT2D eigenvalue weighted by Crippen LogP contribution is 2.05. The molecule has 0 aliphatic heterocycles. The second-order valence-corrected chi connectivity index (χ2v) is 6.01. The molecule has 2 aromatic heterocycles. The molecule has 0 aliphatic rings. The van der Waals surface area contributed by atoms with E-state index in [1.54, 1.807) is 0 Å². The monoisotopic (exact) mass is 353 g/mol. The number of fused-ring (bicyclic) bond motifs is 1. The Morgan fingerprint density at radius 2 is 1.96 bits per heavy atom. The number of pyridine rings is 1. The number of nitrogens with zero attached hydrogens (tertiary/aromatic N) is 3. The van der Waals surface area contributed by atoms with E-state index in [2.05, 4.69) is 20.6 Å². The number of aliphatic imine (C=N–C) groups is 1. The molecular weight excluding hydrogens is 329 g/mol. The Balaban J connectivity index is 1.50. The SMILES string of the molecule is CCNC(=NCCc1cn2ccccc2n1)NCCc1ccc(F)cc1. The molecule has 26 heavy (non-hydrogen) atoms. The van der Waals surface area contributed by atoms with Gasteiger partial charge in [-0.05, 0) is 43.2 Å². The Kier molecular flexibility index (Phi) is 6.19. The van der Waals surface area contributed by atoms with E-state index < -0.39 is 0 Å². The van der Waals surface area contributed by atoms with E-state index in [9.17, 15) is 4.39 Å². The summed E-state index contributed by atoms with van der Waals surface area (Å²) in [5, 5.41) is 6.56. The van der Waals surface area contributed by atoms with E-state index in [1.165, 1.54) is 12.1 Å². The van der Waals surface area contributed by atoms with Gasteiger partial charge in [0.15, 0.2) is 5.96 Å². The van der Waals surface area contributed by atoms with Crippen molar-refractivity contribution in [2.75, 3.05) is 19.6 Å². The fourth-order valence-electron chi connectivity index (χ4n) is 2.71. The minimum absolute atomic E-state index is 0.205. The van der Waals surface area contributed by atoms with Crippen LogP contribution in [0, 0.1) is 5.82 Å². The molecule has 0 unspecified atom stereocenters. The van der Waals surface area contributed by atoms with Crippen molar-refractivity contribution in [3.8, 4) is 0 Å². The summed E-state index contributed by atoms with van der Waals surface area (Å²) in [5.74, 6) is 0.585. The molecular formula is C20H24FN5.